The van der Waals surface area contributed by atoms with Crippen molar-refractivity contribution in [3.63, 3.8) is 0 Å². The second-order valence-corrected chi connectivity index (χ2v) is 5.09. The topological polar surface area (TPSA) is 82.3 Å². The standard InChI is InChI=1S/C9H14N2O3S/c1-14-6-3-7-15(12,13)9-8(10)4-2-5-11-9/h2,4-5H,3,6-7,10H2,1H3. The fourth-order valence-corrected chi connectivity index (χ4v) is 2.49. The van der Waals surface area contributed by atoms with Crippen molar-refractivity contribution in [2.24, 2.45) is 0 Å². The van der Waals surface area contributed by atoms with Crippen molar-refractivity contribution < 1.29 is 13.2 Å². The lowest BCUT2D eigenvalue weighted by Crippen LogP contribution is -2.12. The first-order valence-corrected chi connectivity index (χ1v) is 6.15. The highest BCUT2D eigenvalue weighted by atomic mass is 32.2. The smallest absolute Gasteiger partial charge is 0.197 e. The molecule has 0 saturated heterocycles. The van der Waals surface area contributed by atoms with Crippen molar-refractivity contribution in [3.05, 3.63) is 18.3 Å². The van der Waals surface area contributed by atoms with Crippen LogP contribution in [0.1, 0.15) is 6.42 Å². The number of nitrogens with zero attached hydrogens (tertiary/aromatic N) is 1. The zero-order valence-corrected chi connectivity index (χ0v) is 9.33. The van der Waals surface area contributed by atoms with Crippen LogP contribution in [0.15, 0.2) is 23.4 Å². The average molecular weight is 230 g/mol. The summed E-state index contributed by atoms with van der Waals surface area (Å²) in [6, 6.07) is 3.12. The molecule has 6 heteroatoms. The monoisotopic (exact) mass is 230 g/mol. The average Bonchev–Trinajstić information content (AvgIpc) is 2.18. The van der Waals surface area contributed by atoms with Crippen molar-refractivity contribution in [2.45, 2.75) is 11.4 Å². The minimum Gasteiger partial charge on any atom is -0.396 e. The third-order valence-electron chi connectivity index (χ3n) is 1.86. The molecule has 0 unspecified atom stereocenters. The van der Waals surface area contributed by atoms with E-state index in [-0.39, 0.29) is 16.5 Å². The van der Waals surface area contributed by atoms with Crippen LogP contribution in [0.4, 0.5) is 5.69 Å². The number of anilines is 1. The quantitative estimate of drug-likeness (QED) is 0.744. The van der Waals surface area contributed by atoms with Gasteiger partial charge in [0.05, 0.1) is 11.4 Å². The maximum absolute atomic E-state index is 11.7. The van der Waals surface area contributed by atoms with E-state index in [1.165, 1.54) is 19.4 Å². The van der Waals surface area contributed by atoms with Gasteiger partial charge in [0.2, 0.25) is 0 Å². The van der Waals surface area contributed by atoms with E-state index in [2.05, 4.69) is 4.98 Å². The summed E-state index contributed by atoms with van der Waals surface area (Å²) in [4.78, 5) is 3.77. The summed E-state index contributed by atoms with van der Waals surface area (Å²) in [5.74, 6) is 0.00204. The zero-order chi connectivity index (χ0) is 11.3. The largest absolute Gasteiger partial charge is 0.396 e. The highest BCUT2D eigenvalue weighted by molar-refractivity contribution is 7.91. The molecular weight excluding hydrogens is 216 g/mol. The van der Waals surface area contributed by atoms with Gasteiger partial charge in [-0.3, -0.25) is 0 Å². The summed E-state index contributed by atoms with van der Waals surface area (Å²) in [5, 5.41) is -0.0406. The van der Waals surface area contributed by atoms with Crippen LogP contribution in [-0.2, 0) is 14.6 Å². The van der Waals surface area contributed by atoms with E-state index in [0.29, 0.717) is 13.0 Å². The minimum atomic E-state index is -3.38. The number of nitrogens with two attached hydrogens (primary N) is 1. The fraction of sp³-hybridized carbons (Fsp3) is 0.444. The van der Waals surface area contributed by atoms with Crippen molar-refractivity contribution in [1.82, 2.24) is 4.98 Å². The Hall–Kier alpha value is -1.14. The third-order valence-corrected chi connectivity index (χ3v) is 3.61. The summed E-state index contributed by atoms with van der Waals surface area (Å²) < 4.78 is 28.2. The number of rotatable bonds is 5. The summed E-state index contributed by atoms with van der Waals surface area (Å²) in [6.07, 6.45) is 1.86. The number of hydrogen-bond acceptors (Lipinski definition) is 5. The molecule has 0 amide bonds. The van der Waals surface area contributed by atoms with Crippen LogP contribution in [0.2, 0.25) is 0 Å². The molecule has 0 aliphatic heterocycles. The number of pyridine rings is 1. The van der Waals surface area contributed by atoms with Crippen LogP contribution in [0.5, 0.6) is 0 Å². The van der Waals surface area contributed by atoms with E-state index < -0.39 is 9.84 Å². The number of nitrogen functional groups attached to an aromatic ring is 1. The number of hydrogen-bond donors (Lipinski definition) is 1. The second kappa shape index (κ2) is 5.09. The zero-order valence-electron chi connectivity index (χ0n) is 8.51. The molecule has 0 aromatic carbocycles. The van der Waals surface area contributed by atoms with Gasteiger partial charge in [-0.2, -0.15) is 0 Å². The molecule has 0 atom stereocenters. The molecule has 0 fully saturated rings. The lowest BCUT2D eigenvalue weighted by atomic mass is 10.4. The Labute approximate surface area is 89.2 Å². The van der Waals surface area contributed by atoms with Crippen LogP contribution in [0.3, 0.4) is 0 Å². The predicted octanol–water partition coefficient (Wildman–Crippen LogP) is 0.474. The number of sulfone groups is 1. The lowest BCUT2D eigenvalue weighted by Gasteiger charge is -2.05. The van der Waals surface area contributed by atoms with Crippen molar-refractivity contribution >= 4 is 15.5 Å². The van der Waals surface area contributed by atoms with Crippen molar-refractivity contribution in [3.8, 4) is 0 Å². The maximum atomic E-state index is 11.7. The predicted molar refractivity (Wildman–Crippen MR) is 57.2 cm³/mol. The molecule has 0 aliphatic carbocycles. The first-order valence-electron chi connectivity index (χ1n) is 4.50. The number of methoxy groups -OCH3 is 1. The van der Waals surface area contributed by atoms with Gasteiger partial charge in [0, 0.05) is 19.9 Å². The van der Waals surface area contributed by atoms with Gasteiger partial charge >= 0.3 is 0 Å². The van der Waals surface area contributed by atoms with Crippen molar-refractivity contribution in [2.75, 3.05) is 25.2 Å². The Balaban J connectivity index is 2.83. The van der Waals surface area contributed by atoms with Gasteiger partial charge in [0.15, 0.2) is 14.9 Å². The van der Waals surface area contributed by atoms with E-state index in [1.54, 1.807) is 6.07 Å². The molecule has 5 nitrogen and oxygen atoms in total. The first-order chi connectivity index (χ1) is 7.08. The van der Waals surface area contributed by atoms with E-state index in [9.17, 15) is 8.42 Å². The summed E-state index contributed by atoms with van der Waals surface area (Å²) in [6.45, 7) is 0.409. The Kier molecular flexibility index (Phi) is 4.05. The van der Waals surface area contributed by atoms with Gasteiger partial charge in [0.25, 0.3) is 0 Å². The molecule has 1 heterocycles. The summed E-state index contributed by atoms with van der Waals surface area (Å²) >= 11 is 0. The van der Waals surface area contributed by atoms with E-state index in [4.69, 9.17) is 10.5 Å². The normalized spacial score (nSPS) is 11.5. The molecule has 1 aromatic rings. The van der Waals surface area contributed by atoms with Crippen LogP contribution in [0.25, 0.3) is 0 Å². The summed E-state index contributed by atoms with van der Waals surface area (Å²) in [5.41, 5.74) is 5.73. The lowest BCUT2D eigenvalue weighted by molar-refractivity contribution is 0.199. The number of ether oxygens (including phenoxy) is 1. The third kappa shape index (κ3) is 3.17. The van der Waals surface area contributed by atoms with Crippen LogP contribution >= 0.6 is 0 Å². The highest BCUT2D eigenvalue weighted by Crippen LogP contribution is 2.16. The molecule has 0 radical (unpaired) electrons. The molecule has 1 rings (SSSR count). The molecule has 0 saturated carbocycles. The summed E-state index contributed by atoms with van der Waals surface area (Å²) in [7, 11) is -1.85. The molecular formula is C9H14N2O3S. The molecule has 0 bridgehead atoms. The van der Waals surface area contributed by atoms with Crippen LogP contribution in [-0.4, -0.2) is 32.9 Å². The maximum Gasteiger partial charge on any atom is 0.197 e. The van der Waals surface area contributed by atoms with Gasteiger partial charge < -0.3 is 10.5 Å². The Morgan fingerprint density at radius 1 is 1.53 bits per heavy atom. The second-order valence-electron chi connectivity index (χ2n) is 3.06. The van der Waals surface area contributed by atoms with Crippen LogP contribution < -0.4 is 5.73 Å². The molecule has 15 heavy (non-hydrogen) atoms. The van der Waals surface area contributed by atoms with Gasteiger partial charge in [-0.05, 0) is 18.6 Å². The SMILES string of the molecule is COCCCS(=O)(=O)c1ncccc1N. The molecule has 84 valence electrons. The van der Waals surface area contributed by atoms with Gasteiger partial charge in [-0.15, -0.1) is 0 Å². The molecule has 0 aliphatic rings. The minimum absolute atomic E-state index is 0.00204. The Bertz CT molecular complexity index is 417. The van der Waals surface area contributed by atoms with E-state index in [1.807, 2.05) is 0 Å². The van der Waals surface area contributed by atoms with Gasteiger partial charge in [-0.25, -0.2) is 13.4 Å². The van der Waals surface area contributed by atoms with E-state index in [0.717, 1.165) is 0 Å². The van der Waals surface area contributed by atoms with E-state index >= 15 is 0 Å². The number of aromatic nitrogens is 1. The van der Waals surface area contributed by atoms with Crippen LogP contribution in [0, 0.1) is 0 Å². The van der Waals surface area contributed by atoms with Gasteiger partial charge in [-0.1, -0.05) is 0 Å². The Morgan fingerprint density at radius 2 is 2.27 bits per heavy atom. The van der Waals surface area contributed by atoms with Gasteiger partial charge in [0.1, 0.15) is 0 Å². The highest BCUT2D eigenvalue weighted by Gasteiger charge is 2.18. The molecule has 1 aromatic heterocycles. The molecule has 2 N–H and O–H groups in total. The molecule has 0 spiro atoms. The van der Waals surface area contributed by atoms with Crippen molar-refractivity contribution in [1.29, 1.82) is 0 Å². The first kappa shape index (κ1) is 11.9. The Morgan fingerprint density at radius 3 is 2.87 bits per heavy atom. The fourth-order valence-electron chi connectivity index (χ4n) is 1.15.